The fraction of sp³-hybridized carbons (Fsp3) is 0.815. The number of esters is 1. The summed E-state index contributed by atoms with van der Waals surface area (Å²) in [6.07, 6.45) is 12.3. The summed E-state index contributed by atoms with van der Waals surface area (Å²) in [6, 6.07) is 0.147. The fourth-order valence-electron chi connectivity index (χ4n) is 6.65. The summed E-state index contributed by atoms with van der Waals surface area (Å²) in [7, 11) is 0. The van der Waals surface area contributed by atoms with Crippen LogP contribution in [0.1, 0.15) is 131 Å². The molecule has 2 bridgehead atoms. The van der Waals surface area contributed by atoms with Gasteiger partial charge in [-0.25, -0.2) is 9.59 Å². The Labute approximate surface area is 201 Å². The van der Waals surface area contributed by atoms with E-state index in [1.165, 1.54) is 25.7 Å². The molecule has 3 heterocycles. The molecule has 7 heteroatoms. The summed E-state index contributed by atoms with van der Waals surface area (Å²) in [6.45, 7) is 5.68. The first-order chi connectivity index (χ1) is 16.2. The third-order valence-electron chi connectivity index (χ3n) is 8.86. The van der Waals surface area contributed by atoms with Crippen molar-refractivity contribution >= 4 is 12.1 Å². The van der Waals surface area contributed by atoms with E-state index in [1.807, 2.05) is 25.7 Å². The predicted octanol–water partition coefficient (Wildman–Crippen LogP) is 6.08. The maximum absolute atomic E-state index is 13.5. The molecule has 3 saturated carbocycles. The molecule has 0 aromatic carbocycles. The summed E-state index contributed by atoms with van der Waals surface area (Å²) in [5.74, 6) is 1.10. The van der Waals surface area contributed by atoms with E-state index in [9.17, 15) is 9.59 Å². The Hall–Kier alpha value is -2.05. The van der Waals surface area contributed by atoms with Gasteiger partial charge in [0.15, 0.2) is 5.76 Å². The number of hydrogen-bond donors (Lipinski definition) is 0. The van der Waals surface area contributed by atoms with Crippen molar-refractivity contribution in [2.75, 3.05) is 0 Å². The van der Waals surface area contributed by atoms with E-state index >= 15 is 0 Å². The van der Waals surface area contributed by atoms with Crippen LogP contribution in [-0.4, -0.2) is 45.9 Å². The van der Waals surface area contributed by atoms with Crippen molar-refractivity contribution in [1.29, 1.82) is 0 Å². The summed E-state index contributed by atoms with van der Waals surface area (Å²) in [5, 5.41) is 4.45. The van der Waals surface area contributed by atoms with Gasteiger partial charge in [0.05, 0.1) is 0 Å². The SMILES string of the molecule is CC(C)(C)OC(=O)N1C2CCC1CC(OC(=O)c1c(C3CCC4(CC3)CC4)noc1C1CC1)C2. The molecular weight excluding hydrogens is 432 g/mol. The highest BCUT2D eigenvalue weighted by Gasteiger charge is 2.48. The second kappa shape index (κ2) is 7.99. The third kappa shape index (κ3) is 4.24. The largest absolute Gasteiger partial charge is 0.458 e. The lowest BCUT2D eigenvalue weighted by Crippen LogP contribution is -2.50. The van der Waals surface area contributed by atoms with Gasteiger partial charge in [-0.1, -0.05) is 5.16 Å². The van der Waals surface area contributed by atoms with Gasteiger partial charge in [0.25, 0.3) is 0 Å². The molecule has 1 spiro atoms. The highest BCUT2D eigenvalue weighted by Crippen LogP contribution is 2.59. The van der Waals surface area contributed by atoms with Crippen molar-refractivity contribution in [3.63, 3.8) is 0 Å². The zero-order valence-electron chi connectivity index (χ0n) is 20.8. The molecule has 34 heavy (non-hydrogen) atoms. The van der Waals surface area contributed by atoms with Crippen LogP contribution in [0.4, 0.5) is 4.79 Å². The van der Waals surface area contributed by atoms with Crippen molar-refractivity contribution in [1.82, 2.24) is 10.1 Å². The van der Waals surface area contributed by atoms with Gasteiger partial charge in [-0.05, 0) is 90.4 Å². The lowest BCUT2D eigenvalue weighted by atomic mass is 9.77. The molecule has 5 aliphatic rings. The molecule has 2 saturated heterocycles. The highest BCUT2D eigenvalue weighted by molar-refractivity contribution is 5.92. The van der Waals surface area contributed by atoms with E-state index in [4.69, 9.17) is 14.0 Å². The van der Waals surface area contributed by atoms with Crippen LogP contribution in [0.3, 0.4) is 0 Å². The molecule has 0 radical (unpaired) electrons. The molecule has 1 amide bonds. The molecule has 7 nitrogen and oxygen atoms in total. The molecule has 186 valence electrons. The highest BCUT2D eigenvalue weighted by atomic mass is 16.6. The van der Waals surface area contributed by atoms with Crippen LogP contribution in [-0.2, 0) is 9.47 Å². The van der Waals surface area contributed by atoms with Gasteiger partial charge < -0.3 is 18.9 Å². The zero-order chi connectivity index (χ0) is 23.7. The molecule has 5 fully saturated rings. The number of hydrogen-bond acceptors (Lipinski definition) is 6. The van der Waals surface area contributed by atoms with Crippen LogP contribution in [0.2, 0.25) is 0 Å². The first-order valence-corrected chi connectivity index (χ1v) is 13.4. The lowest BCUT2D eigenvalue weighted by molar-refractivity contribution is -0.0227. The van der Waals surface area contributed by atoms with Crippen LogP contribution in [0.5, 0.6) is 0 Å². The minimum atomic E-state index is -0.512. The summed E-state index contributed by atoms with van der Waals surface area (Å²) in [4.78, 5) is 28.2. The lowest BCUT2D eigenvalue weighted by Gasteiger charge is -2.39. The van der Waals surface area contributed by atoms with Gasteiger partial charge >= 0.3 is 12.1 Å². The van der Waals surface area contributed by atoms with Crippen molar-refractivity contribution in [2.45, 2.75) is 133 Å². The number of aromatic nitrogens is 1. The van der Waals surface area contributed by atoms with Gasteiger partial charge in [0.1, 0.15) is 23.0 Å². The molecule has 1 aromatic rings. The van der Waals surface area contributed by atoms with Gasteiger partial charge in [0.2, 0.25) is 0 Å². The molecule has 3 aliphatic carbocycles. The molecule has 2 unspecified atom stereocenters. The van der Waals surface area contributed by atoms with Crippen molar-refractivity contribution in [2.24, 2.45) is 5.41 Å². The topological polar surface area (TPSA) is 81.9 Å². The Morgan fingerprint density at radius 1 is 0.941 bits per heavy atom. The first-order valence-electron chi connectivity index (χ1n) is 13.4. The average molecular weight is 471 g/mol. The van der Waals surface area contributed by atoms with E-state index in [-0.39, 0.29) is 30.3 Å². The monoisotopic (exact) mass is 470 g/mol. The molecule has 2 atom stereocenters. The minimum absolute atomic E-state index is 0.0734. The molecule has 2 aliphatic heterocycles. The Morgan fingerprint density at radius 3 is 2.15 bits per heavy atom. The van der Waals surface area contributed by atoms with Crippen molar-refractivity contribution < 1.29 is 23.6 Å². The number of piperidine rings is 1. The number of rotatable bonds is 4. The minimum Gasteiger partial charge on any atom is -0.458 e. The molecular formula is C27H38N2O5. The average Bonchev–Trinajstić information content (AvgIpc) is 3.68. The molecule has 1 aromatic heterocycles. The van der Waals surface area contributed by atoms with Crippen LogP contribution in [0.25, 0.3) is 0 Å². The maximum atomic E-state index is 13.5. The van der Waals surface area contributed by atoms with Crippen LogP contribution in [0.15, 0.2) is 4.52 Å². The quantitative estimate of drug-likeness (QED) is 0.496. The van der Waals surface area contributed by atoms with E-state index in [1.54, 1.807) is 0 Å². The second-order valence-electron chi connectivity index (χ2n) is 12.6. The number of ether oxygens (including phenoxy) is 2. The Kier molecular flexibility index (Phi) is 5.27. The predicted molar refractivity (Wildman–Crippen MR) is 125 cm³/mol. The van der Waals surface area contributed by atoms with Gasteiger partial charge in [-0.2, -0.15) is 0 Å². The normalized spacial score (nSPS) is 30.4. The molecule has 6 rings (SSSR count). The number of nitrogens with zero attached hydrogens (tertiary/aromatic N) is 2. The Balaban J connectivity index is 1.15. The van der Waals surface area contributed by atoms with Crippen molar-refractivity contribution in [3.05, 3.63) is 17.0 Å². The van der Waals surface area contributed by atoms with Gasteiger partial charge in [-0.15, -0.1) is 0 Å². The van der Waals surface area contributed by atoms with Crippen LogP contribution in [0, 0.1) is 5.41 Å². The van der Waals surface area contributed by atoms with E-state index in [2.05, 4.69) is 5.16 Å². The van der Waals surface area contributed by atoms with E-state index < -0.39 is 5.60 Å². The smallest absolute Gasteiger partial charge is 0.410 e. The van der Waals surface area contributed by atoms with Crippen LogP contribution < -0.4 is 0 Å². The number of carbonyl (C=O) groups excluding carboxylic acids is 2. The van der Waals surface area contributed by atoms with Gasteiger partial charge in [-0.3, -0.25) is 0 Å². The number of fused-ring (bicyclic) bond motifs is 2. The maximum Gasteiger partial charge on any atom is 0.410 e. The van der Waals surface area contributed by atoms with Gasteiger partial charge in [0, 0.05) is 36.8 Å². The summed E-state index contributed by atoms with van der Waals surface area (Å²) in [5.41, 5.74) is 1.56. The number of carbonyl (C=O) groups is 2. The number of amides is 1. The van der Waals surface area contributed by atoms with Crippen LogP contribution >= 0.6 is 0 Å². The first kappa shape index (κ1) is 22.4. The standard InChI is InChI=1S/C27H38N2O5/c1-26(2,3)33-25(31)29-18-6-7-19(29)15-20(14-18)32-24(30)21-22(28-34-23(21)17-4-5-17)16-8-10-27(11-9-16)12-13-27/h16-20H,4-15H2,1-3H3. The Bertz CT molecular complexity index is 946. The Morgan fingerprint density at radius 2 is 1.59 bits per heavy atom. The van der Waals surface area contributed by atoms with E-state index in [0.717, 1.165) is 50.0 Å². The third-order valence-corrected chi connectivity index (χ3v) is 8.86. The fourth-order valence-corrected chi connectivity index (χ4v) is 6.65. The molecule has 0 N–H and O–H groups in total. The van der Waals surface area contributed by atoms with Crippen molar-refractivity contribution in [3.8, 4) is 0 Å². The second-order valence-corrected chi connectivity index (χ2v) is 12.6. The summed E-state index contributed by atoms with van der Waals surface area (Å²) >= 11 is 0. The van der Waals surface area contributed by atoms with E-state index in [0.29, 0.717) is 35.7 Å². The summed E-state index contributed by atoms with van der Waals surface area (Å²) < 4.78 is 17.6. The zero-order valence-corrected chi connectivity index (χ0v) is 20.8.